The van der Waals surface area contributed by atoms with Crippen LogP contribution in [0.25, 0.3) is 0 Å². The third-order valence-corrected chi connectivity index (χ3v) is 0. The van der Waals surface area contributed by atoms with E-state index < -0.39 is 15.1 Å². The molecule has 0 aliphatic carbocycles. The van der Waals surface area contributed by atoms with Gasteiger partial charge in [0.25, 0.3) is 0 Å². The molecule has 0 spiro atoms. The fraction of sp³-hybridized carbons (Fsp3) is 0.500. The first kappa shape index (κ1) is 42.9. The van der Waals surface area contributed by atoms with Gasteiger partial charge in [-0.2, -0.15) is 27.7 Å². The Morgan fingerprint density at radius 2 is 0.524 bits per heavy atom. The monoisotopic (exact) mass is 411 g/mol. The van der Waals surface area contributed by atoms with Gasteiger partial charge in [0, 0.05) is 17.1 Å². The van der Waals surface area contributed by atoms with Crippen LogP contribution >= 0.6 is 7.81 Å². The summed E-state index contributed by atoms with van der Waals surface area (Å²) in [5.41, 5.74) is 0. The normalized spacial score (nSPS) is 11.7. The molecule has 0 aromatic carbocycles. The van der Waals surface area contributed by atoms with E-state index in [0.29, 0.717) is 0 Å². The van der Waals surface area contributed by atoms with E-state index in [0.717, 1.165) is 0 Å². The fourth-order valence-electron chi connectivity index (χ4n) is 0. The molecule has 0 atom stereocenters. The van der Waals surface area contributed by atoms with Crippen molar-refractivity contribution in [2.45, 2.75) is 27.7 Å². The molecule has 21 heavy (non-hydrogen) atoms. The Bertz CT molecular complexity index is 145. The second-order valence-electron chi connectivity index (χ2n) is 1.45. The van der Waals surface area contributed by atoms with Gasteiger partial charge in [0.15, 0.2) is 0 Å². The quantitative estimate of drug-likeness (QED) is 0.164. The van der Waals surface area contributed by atoms with Gasteiger partial charge in [-0.25, -0.2) is 0 Å². The molecule has 0 aromatic heterocycles. The molecule has 0 N–H and O–H groups in total. The minimum Gasteiger partial charge on any atom is -0.346 e. The molecule has 0 rings (SSSR count). The third kappa shape index (κ3) is 68900. The summed E-state index contributed by atoms with van der Waals surface area (Å²) in [5.74, 6) is 0. The summed E-state index contributed by atoms with van der Waals surface area (Å²) in [6, 6.07) is 0. The smallest absolute Gasteiger partial charge is 0 e. The van der Waals surface area contributed by atoms with Gasteiger partial charge in [-0.05, 0) is 0 Å². The molecule has 0 aromatic rings. The molecule has 0 bridgehead atoms. The third-order valence-electron chi connectivity index (χ3n) is 0. The van der Waals surface area contributed by atoms with Crippen molar-refractivity contribution in [3.05, 3.63) is 27.7 Å². The second-order valence-corrected chi connectivity index (χ2v) is 3.37. The number of hydrogen-bond donors (Lipinski definition) is 0. The summed E-state index contributed by atoms with van der Waals surface area (Å²) in [4.78, 5) is 0. The summed E-state index contributed by atoms with van der Waals surface area (Å²) in [6.45, 7) is 20.0. The van der Waals surface area contributed by atoms with E-state index in [1.807, 2.05) is 0 Å². The molecule has 0 amide bonds. The summed E-state index contributed by atoms with van der Waals surface area (Å²) < 4.78 is 98.2. The average Bonchev–Trinajstić information content (AvgIpc) is 2.22. The molecule has 0 aliphatic heterocycles. The van der Waals surface area contributed by atoms with Crippen molar-refractivity contribution >= 4 is 15.1 Å². The number of hydrogen-bond acceptors (Lipinski definition) is 0. The molecule has 0 aliphatic rings. The topological polar surface area (TPSA) is 0 Å². The Hall–Kier alpha value is 0.314. The molecule has 0 nitrogen and oxygen atoms in total. The van der Waals surface area contributed by atoms with E-state index in [1.165, 1.54) is 0 Å². The van der Waals surface area contributed by atoms with Crippen LogP contribution in [0.1, 0.15) is 27.7 Å². The van der Waals surface area contributed by atoms with Gasteiger partial charge in [0.2, 0.25) is 0 Å². The van der Waals surface area contributed by atoms with Crippen molar-refractivity contribution in [3.63, 3.8) is 0 Å². The molecular weight excluding hydrogens is 391 g/mol. The van der Waals surface area contributed by atoms with Crippen LogP contribution < -0.4 is 0 Å². The van der Waals surface area contributed by atoms with Crippen LogP contribution in [-0.2, 0) is 17.1 Å². The van der Waals surface area contributed by atoms with E-state index in [2.05, 4.69) is 27.7 Å². The zero-order valence-corrected chi connectivity index (χ0v) is 13.8. The molecule has 13 heteroatoms. The molecule has 147 valence electrons. The van der Waals surface area contributed by atoms with Crippen LogP contribution in [0.5, 0.6) is 0 Å². The van der Waals surface area contributed by atoms with Gasteiger partial charge in [0.1, 0.15) is 0 Å². The van der Waals surface area contributed by atoms with Crippen molar-refractivity contribution in [2.24, 2.45) is 0 Å². The van der Waals surface area contributed by atoms with Crippen LogP contribution in [0.15, 0.2) is 0 Å². The summed E-state index contributed by atoms with van der Waals surface area (Å²) in [5, 5.41) is 0. The van der Waals surface area contributed by atoms with Crippen molar-refractivity contribution in [1.82, 2.24) is 0 Å². The fourth-order valence-corrected chi connectivity index (χ4v) is 0. The van der Waals surface area contributed by atoms with Crippen molar-refractivity contribution < 1.29 is 59.5 Å². The van der Waals surface area contributed by atoms with E-state index in [1.54, 1.807) is 27.7 Å². The first-order valence-electron chi connectivity index (χ1n) is 4.72. The van der Waals surface area contributed by atoms with Gasteiger partial charge < -0.3 is 45.0 Å². The summed E-state index contributed by atoms with van der Waals surface area (Å²) in [7, 11) is -16.7. The van der Waals surface area contributed by atoms with Gasteiger partial charge in [-0.15, -0.1) is 0 Å². The van der Waals surface area contributed by atoms with Crippen LogP contribution in [0.3, 0.4) is 0 Å². The van der Waals surface area contributed by atoms with Crippen LogP contribution in [-0.4, -0.2) is 7.25 Å². The zero-order valence-electron chi connectivity index (χ0n) is 11.9. The SMILES string of the molecule is F[B-](F)(F)F.F[P-](F)(F)(F)(F)F.[CH2-]C.[CH2-]C.[CH2-]C.[CH2-]C.[Cu]. The Balaban J connectivity index is -0.0000000249. The molecule has 0 saturated heterocycles. The second kappa shape index (κ2) is 16.7. The number of rotatable bonds is 0. The first-order chi connectivity index (χ1) is 8.45. The minimum absolute atomic E-state index is 0. The van der Waals surface area contributed by atoms with E-state index in [-0.39, 0.29) is 17.1 Å². The molecule has 0 unspecified atom stereocenters. The Morgan fingerprint density at radius 3 is 0.524 bits per heavy atom. The summed E-state index contributed by atoms with van der Waals surface area (Å²) in [6.07, 6.45) is 0. The predicted octanol–water partition coefficient (Wildman–Crippen LogP) is 8.04. The Kier molecular flexibility index (Phi) is 34.1. The van der Waals surface area contributed by atoms with Gasteiger partial charge >= 0.3 is 40.2 Å². The van der Waals surface area contributed by atoms with Gasteiger partial charge in [-0.3, -0.25) is 0 Å². The molecule has 0 heterocycles. The van der Waals surface area contributed by atoms with Crippen LogP contribution in [0.2, 0.25) is 0 Å². The maximum absolute atomic E-state index is 10.7. The Labute approximate surface area is 130 Å². The zero-order chi connectivity index (χ0) is 18.9. The number of halogens is 10. The average molecular weight is 412 g/mol. The Morgan fingerprint density at radius 1 is 0.524 bits per heavy atom. The molecule has 0 fully saturated rings. The molecule has 1 radical (unpaired) electrons. The predicted molar refractivity (Wildman–Crippen MR) is 67.9 cm³/mol. The van der Waals surface area contributed by atoms with Crippen molar-refractivity contribution in [3.8, 4) is 0 Å². The van der Waals surface area contributed by atoms with Crippen LogP contribution in [0, 0.1) is 27.7 Å². The molecule has 0 saturated carbocycles. The minimum atomic E-state index is -10.7. The van der Waals surface area contributed by atoms with E-state index >= 15 is 0 Å². The van der Waals surface area contributed by atoms with Gasteiger partial charge in [-0.1, -0.05) is 0 Å². The molecular formula is C8H20BCuF10P-6. The van der Waals surface area contributed by atoms with Crippen molar-refractivity contribution in [1.29, 1.82) is 0 Å². The van der Waals surface area contributed by atoms with Gasteiger partial charge in [0.05, 0.1) is 0 Å². The van der Waals surface area contributed by atoms with E-state index in [4.69, 9.17) is 0 Å². The van der Waals surface area contributed by atoms with E-state index in [9.17, 15) is 42.4 Å². The van der Waals surface area contributed by atoms with Crippen molar-refractivity contribution in [2.75, 3.05) is 0 Å². The maximum Gasteiger partial charge on any atom is 0 e. The largest absolute Gasteiger partial charge is 0.346 e. The maximum atomic E-state index is 9.87. The van der Waals surface area contributed by atoms with Crippen LogP contribution in [0.4, 0.5) is 42.4 Å². The first-order valence-corrected chi connectivity index (χ1v) is 6.74. The standard InChI is InChI=1S/4C2H5.BF4.Cu.F6P/c4*1-2;2-1(3,4)5;;1-7(2,3,4,5)6/h4*1H2,2H3;;;/q5*-1;;-1. The summed E-state index contributed by atoms with van der Waals surface area (Å²) >= 11 is 0.